The van der Waals surface area contributed by atoms with Gasteiger partial charge in [-0.05, 0) is 53.6 Å². The Morgan fingerprint density at radius 1 is 1.22 bits per heavy atom. The van der Waals surface area contributed by atoms with Gasteiger partial charge < -0.3 is 15.6 Å². The molecule has 0 saturated carbocycles. The van der Waals surface area contributed by atoms with Crippen molar-refractivity contribution in [2.75, 3.05) is 7.11 Å². The minimum atomic E-state index is -0.957. The highest BCUT2D eigenvalue weighted by Crippen LogP contribution is 2.38. The summed E-state index contributed by atoms with van der Waals surface area (Å²) < 4.78 is 5.33. The zero-order valence-corrected chi connectivity index (χ0v) is 13.2. The summed E-state index contributed by atoms with van der Waals surface area (Å²) >= 11 is 0. The third-order valence-electron chi connectivity index (χ3n) is 4.63. The van der Waals surface area contributed by atoms with E-state index in [0.29, 0.717) is 6.42 Å². The van der Waals surface area contributed by atoms with Crippen LogP contribution in [0.2, 0.25) is 0 Å². The highest BCUT2D eigenvalue weighted by molar-refractivity contribution is 5.73. The molecule has 0 amide bonds. The molecule has 120 valence electrons. The molecule has 2 aromatic rings. The van der Waals surface area contributed by atoms with Crippen LogP contribution in [-0.4, -0.2) is 24.2 Å². The number of carboxylic acid groups (broad SMARTS) is 1. The van der Waals surface area contributed by atoms with Crippen LogP contribution in [-0.2, 0) is 17.6 Å². The van der Waals surface area contributed by atoms with E-state index in [1.54, 1.807) is 7.11 Å². The second kappa shape index (κ2) is 6.42. The van der Waals surface area contributed by atoms with Gasteiger partial charge in [0.15, 0.2) is 0 Å². The molecule has 0 aromatic heterocycles. The van der Waals surface area contributed by atoms with Crippen molar-refractivity contribution < 1.29 is 14.6 Å². The van der Waals surface area contributed by atoms with Gasteiger partial charge >= 0.3 is 5.97 Å². The van der Waals surface area contributed by atoms with Crippen molar-refractivity contribution >= 4 is 5.97 Å². The number of carbonyl (C=O) groups is 1. The van der Waals surface area contributed by atoms with Gasteiger partial charge in [0.1, 0.15) is 11.8 Å². The van der Waals surface area contributed by atoms with E-state index in [2.05, 4.69) is 24.3 Å². The zero-order valence-electron chi connectivity index (χ0n) is 13.2. The van der Waals surface area contributed by atoms with Gasteiger partial charge in [0.2, 0.25) is 0 Å². The van der Waals surface area contributed by atoms with Crippen LogP contribution in [0, 0.1) is 0 Å². The number of hydrogen-bond acceptors (Lipinski definition) is 3. The molecular weight excluding hydrogens is 290 g/mol. The Balaban J connectivity index is 2.09. The van der Waals surface area contributed by atoms with Gasteiger partial charge in [-0.2, -0.15) is 0 Å². The molecule has 4 nitrogen and oxygen atoms in total. The van der Waals surface area contributed by atoms with Gasteiger partial charge in [0.25, 0.3) is 0 Å². The summed E-state index contributed by atoms with van der Waals surface area (Å²) in [7, 11) is 1.66. The lowest BCUT2D eigenvalue weighted by atomic mass is 9.83. The van der Waals surface area contributed by atoms with Crippen LogP contribution in [0.25, 0.3) is 0 Å². The van der Waals surface area contributed by atoms with Crippen LogP contribution >= 0.6 is 0 Å². The average molecular weight is 311 g/mol. The van der Waals surface area contributed by atoms with Crippen molar-refractivity contribution in [1.82, 2.24) is 0 Å². The molecule has 1 aliphatic rings. The summed E-state index contributed by atoms with van der Waals surface area (Å²) in [6.45, 7) is 0. The van der Waals surface area contributed by atoms with Crippen LogP contribution in [0.1, 0.15) is 34.6 Å². The van der Waals surface area contributed by atoms with Gasteiger partial charge in [-0.25, -0.2) is 0 Å². The number of rotatable bonds is 4. The number of ether oxygens (including phenoxy) is 1. The SMILES string of the molecule is COc1ccc2c(c1)CCc1ccccc1C2CC(N)C(=O)O. The lowest BCUT2D eigenvalue weighted by molar-refractivity contribution is -0.138. The van der Waals surface area contributed by atoms with E-state index in [9.17, 15) is 9.90 Å². The van der Waals surface area contributed by atoms with Crippen LogP contribution in [0.3, 0.4) is 0 Å². The predicted molar refractivity (Wildman–Crippen MR) is 88.9 cm³/mol. The third kappa shape index (κ3) is 3.08. The first-order valence-corrected chi connectivity index (χ1v) is 7.83. The van der Waals surface area contributed by atoms with Crippen LogP contribution in [0.5, 0.6) is 5.75 Å². The summed E-state index contributed by atoms with van der Waals surface area (Å²) in [5.74, 6) is -0.126. The highest BCUT2D eigenvalue weighted by Gasteiger charge is 2.27. The number of nitrogens with two attached hydrogens (primary N) is 1. The molecule has 23 heavy (non-hydrogen) atoms. The summed E-state index contributed by atoms with van der Waals surface area (Å²) in [6.07, 6.45) is 2.25. The average Bonchev–Trinajstić information content (AvgIpc) is 2.72. The molecule has 2 aromatic carbocycles. The first-order chi connectivity index (χ1) is 11.1. The number of fused-ring (bicyclic) bond motifs is 2. The molecule has 3 N–H and O–H groups in total. The fourth-order valence-electron chi connectivity index (χ4n) is 3.41. The summed E-state index contributed by atoms with van der Waals surface area (Å²) in [4.78, 5) is 11.2. The predicted octanol–water partition coefficient (Wildman–Crippen LogP) is 2.73. The maximum absolute atomic E-state index is 11.2. The monoisotopic (exact) mass is 311 g/mol. The third-order valence-corrected chi connectivity index (χ3v) is 4.63. The Morgan fingerprint density at radius 3 is 2.65 bits per heavy atom. The van der Waals surface area contributed by atoms with Crippen LogP contribution in [0.4, 0.5) is 0 Å². The molecule has 0 fully saturated rings. The number of carboxylic acids is 1. The summed E-state index contributed by atoms with van der Waals surface area (Å²) in [5, 5.41) is 9.22. The largest absolute Gasteiger partial charge is 0.497 e. The fourth-order valence-corrected chi connectivity index (χ4v) is 3.41. The Hall–Kier alpha value is -2.33. The van der Waals surface area contributed by atoms with E-state index in [-0.39, 0.29) is 5.92 Å². The molecule has 0 heterocycles. The van der Waals surface area contributed by atoms with E-state index in [1.807, 2.05) is 18.2 Å². The molecule has 2 atom stereocenters. The van der Waals surface area contributed by atoms with Crippen LogP contribution < -0.4 is 10.5 Å². The van der Waals surface area contributed by atoms with Gasteiger partial charge in [0, 0.05) is 5.92 Å². The molecule has 1 aliphatic carbocycles. The molecule has 0 aliphatic heterocycles. The number of hydrogen-bond donors (Lipinski definition) is 2. The lowest BCUT2D eigenvalue weighted by Gasteiger charge is -2.22. The second-order valence-electron chi connectivity index (χ2n) is 6.00. The van der Waals surface area contributed by atoms with Gasteiger partial charge in [-0.3, -0.25) is 4.79 Å². The second-order valence-corrected chi connectivity index (χ2v) is 6.00. The molecule has 4 heteroatoms. The van der Waals surface area contributed by atoms with Crippen molar-refractivity contribution in [2.45, 2.75) is 31.2 Å². The van der Waals surface area contributed by atoms with E-state index in [0.717, 1.165) is 24.2 Å². The van der Waals surface area contributed by atoms with Gasteiger partial charge in [0.05, 0.1) is 7.11 Å². The quantitative estimate of drug-likeness (QED) is 0.910. The first-order valence-electron chi connectivity index (χ1n) is 7.83. The highest BCUT2D eigenvalue weighted by atomic mass is 16.5. The maximum atomic E-state index is 11.2. The number of aryl methyl sites for hydroxylation is 2. The molecule has 3 rings (SSSR count). The van der Waals surface area contributed by atoms with Crippen molar-refractivity contribution in [3.63, 3.8) is 0 Å². The Labute approximate surface area is 135 Å². The Morgan fingerprint density at radius 2 is 1.91 bits per heavy atom. The molecule has 0 spiro atoms. The maximum Gasteiger partial charge on any atom is 0.320 e. The summed E-state index contributed by atoms with van der Waals surface area (Å²) in [5.41, 5.74) is 10.7. The number of methoxy groups -OCH3 is 1. The minimum absolute atomic E-state index is 0.000654. The van der Waals surface area contributed by atoms with Crippen molar-refractivity contribution in [2.24, 2.45) is 5.73 Å². The minimum Gasteiger partial charge on any atom is -0.497 e. The molecule has 0 bridgehead atoms. The molecular formula is C19H21NO3. The van der Waals surface area contributed by atoms with Gasteiger partial charge in [-0.15, -0.1) is 0 Å². The van der Waals surface area contributed by atoms with Crippen molar-refractivity contribution in [3.8, 4) is 5.75 Å². The first kappa shape index (κ1) is 15.6. The van der Waals surface area contributed by atoms with E-state index >= 15 is 0 Å². The Bertz CT molecular complexity index is 726. The zero-order chi connectivity index (χ0) is 16.4. The molecule has 0 saturated heterocycles. The topological polar surface area (TPSA) is 72.5 Å². The molecule has 0 radical (unpaired) electrons. The van der Waals surface area contributed by atoms with E-state index in [4.69, 9.17) is 10.5 Å². The Kier molecular flexibility index (Phi) is 4.35. The summed E-state index contributed by atoms with van der Waals surface area (Å²) in [6, 6.07) is 13.4. The van der Waals surface area contributed by atoms with Crippen molar-refractivity contribution in [3.05, 3.63) is 64.7 Å². The number of aliphatic carboxylic acids is 1. The number of benzene rings is 2. The normalized spacial score (nSPS) is 17.6. The van der Waals surface area contributed by atoms with Crippen LogP contribution in [0.15, 0.2) is 42.5 Å². The lowest BCUT2D eigenvalue weighted by Crippen LogP contribution is -2.32. The standard InChI is InChI=1S/C19H21NO3/c1-23-14-8-9-16-13(10-14)7-6-12-4-2-3-5-15(12)17(16)11-18(20)19(21)22/h2-5,8-10,17-18H,6-7,11,20H2,1H3,(H,21,22). The molecule has 2 unspecified atom stereocenters. The smallest absolute Gasteiger partial charge is 0.320 e. The van der Waals surface area contributed by atoms with Crippen molar-refractivity contribution in [1.29, 1.82) is 0 Å². The fraction of sp³-hybridized carbons (Fsp3) is 0.316. The van der Waals surface area contributed by atoms with E-state index < -0.39 is 12.0 Å². The van der Waals surface area contributed by atoms with E-state index in [1.165, 1.54) is 16.7 Å². The van der Waals surface area contributed by atoms with Gasteiger partial charge in [-0.1, -0.05) is 30.3 Å².